The molecule has 0 spiro atoms. The zero-order valence-corrected chi connectivity index (χ0v) is 25.4. The molecular formula is C42H35N3. The Morgan fingerprint density at radius 1 is 0.711 bits per heavy atom. The van der Waals surface area contributed by atoms with Gasteiger partial charge in [-0.25, -0.2) is 0 Å². The third-order valence-electron chi connectivity index (χ3n) is 9.26. The summed E-state index contributed by atoms with van der Waals surface area (Å²) in [6.45, 7) is 2.20. The monoisotopic (exact) mass is 581 g/mol. The zero-order chi connectivity index (χ0) is 30.3. The van der Waals surface area contributed by atoms with E-state index in [0.29, 0.717) is 0 Å². The van der Waals surface area contributed by atoms with Crippen molar-refractivity contribution in [3.63, 3.8) is 0 Å². The van der Waals surface area contributed by atoms with Crippen molar-refractivity contribution in [2.75, 3.05) is 10.2 Å². The number of fused-ring (bicyclic) bond motifs is 4. The minimum absolute atomic E-state index is 0.158. The van der Waals surface area contributed by atoms with Crippen LogP contribution in [0, 0.1) is 0 Å². The van der Waals surface area contributed by atoms with Crippen LogP contribution in [-0.4, -0.2) is 6.17 Å². The van der Waals surface area contributed by atoms with Gasteiger partial charge in [-0.2, -0.15) is 0 Å². The molecule has 0 bridgehead atoms. The van der Waals surface area contributed by atoms with E-state index in [2.05, 4.69) is 157 Å². The summed E-state index contributed by atoms with van der Waals surface area (Å²) in [5.41, 5.74) is 21.2. The predicted molar refractivity (Wildman–Crippen MR) is 191 cm³/mol. The van der Waals surface area contributed by atoms with Gasteiger partial charge in [-0.05, 0) is 98.0 Å². The van der Waals surface area contributed by atoms with E-state index < -0.39 is 0 Å². The highest BCUT2D eigenvalue weighted by Crippen LogP contribution is 2.55. The first kappa shape index (κ1) is 27.0. The number of nitrogens with two attached hydrogens (primary N) is 1. The molecule has 6 aromatic carbocycles. The lowest BCUT2D eigenvalue weighted by Gasteiger charge is -2.26. The number of nitrogens with one attached hydrogen (secondary N) is 1. The Balaban J connectivity index is 1.31. The lowest BCUT2D eigenvalue weighted by molar-refractivity contribution is 0.710. The van der Waals surface area contributed by atoms with Crippen LogP contribution in [-0.2, 0) is 6.42 Å². The van der Waals surface area contributed by atoms with E-state index in [-0.39, 0.29) is 6.17 Å². The van der Waals surface area contributed by atoms with Gasteiger partial charge in [-0.3, -0.25) is 0 Å². The maximum absolute atomic E-state index is 6.31. The van der Waals surface area contributed by atoms with E-state index in [1.807, 2.05) is 0 Å². The molecular weight excluding hydrogens is 546 g/mol. The van der Waals surface area contributed by atoms with Gasteiger partial charge in [0.05, 0.1) is 17.1 Å². The normalized spacial score (nSPS) is 15.0. The number of nitrogens with zero attached hydrogens (tertiary/aromatic N) is 1. The van der Waals surface area contributed by atoms with E-state index in [0.717, 1.165) is 29.9 Å². The maximum atomic E-state index is 6.31. The van der Waals surface area contributed by atoms with Crippen LogP contribution in [0.4, 0.5) is 11.4 Å². The highest BCUT2D eigenvalue weighted by molar-refractivity contribution is 6.21. The summed E-state index contributed by atoms with van der Waals surface area (Å²) in [7, 11) is 0. The van der Waals surface area contributed by atoms with Gasteiger partial charge >= 0.3 is 0 Å². The molecule has 218 valence electrons. The third kappa shape index (κ3) is 4.43. The summed E-state index contributed by atoms with van der Waals surface area (Å²) in [4.78, 5) is 2.32. The average Bonchev–Trinajstić information content (AvgIpc) is 3.64. The Kier molecular flexibility index (Phi) is 6.72. The molecule has 0 fully saturated rings. The molecule has 1 unspecified atom stereocenters. The summed E-state index contributed by atoms with van der Waals surface area (Å²) in [6, 6.07) is 46.1. The van der Waals surface area contributed by atoms with Gasteiger partial charge < -0.3 is 16.0 Å². The van der Waals surface area contributed by atoms with Crippen molar-refractivity contribution in [1.82, 2.24) is 0 Å². The molecule has 1 heterocycles. The van der Waals surface area contributed by atoms with E-state index >= 15 is 0 Å². The number of para-hydroxylation sites is 2. The van der Waals surface area contributed by atoms with E-state index in [9.17, 15) is 0 Å². The quantitative estimate of drug-likeness (QED) is 0.184. The number of hydrogen-bond acceptors (Lipinski definition) is 3. The SMILES string of the molecule is CCC1Nc2ccccc2N1C(/C=C\Cc1cc(-c2ccccc2)c2c(c1-c1ccccc1)-c1cccc3cccc-2c13)=C/N. The molecule has 3 N–H and O–H groups in total. The Morgan fingerprint density at radius 2 is 1.38 bits per heavy atom. The van der Waals surface area contributed by atoms with Crippen LogP contribution in [0.5, 0.6) is 0 Å². The number of anilines is 2. The Hall–Kier alpha value is -5.54. The topological polar surface area (TPSA) is 41.3 Å². The highest BCUT2D eigenvalue weighted by Gasteiger charge is 2.30. The molecule has 0 saturated heterocycles. The van der Waals surface area contributed by atoms with Crippen molar-refractivity contribution in [3.8, 4) is 44.5 Å². The van der Waals surface area contributed by atoms with Gasteiger partial charge in [-0.1, -0.05) is 122 Å². The predicted octanol–water partition coefficient (Wildman–Crippen LogP) is 10.4. The van der Waals surface area contributed by atoms with E-state index in [1.165, 1.54) is 60.8 Å². The Labute approximate surface area is 265 Å². The van der Waals surface area contributed by atoms with Crippen molar-refractivity contribution in [2.45, 2.75) is 25.9 Å². The van der Waals surface area contributed by atoms with Gasteiger partial charge in [0.25, 0.3) is 0 Å². The van der Waals surface area contributed by atoms with Crippen molar-refractivity contribution in [1.29, 1.82) is 0 Å². The molecule has 3 heteroatoms. The summed E-state index contributed by atoms with van der Waals surface area (Å²) in [5.74, 6) is 0. The standard InChI is InChI=1S/C42H35N3/c1-2-38-44-36-24-9-10-25-37(36)45(38)32(27-43)21-11-20-31-26-35(28-14-5-3-6-15-28)41-33-22-12-18-30-19-13-23-34(40(30)33)42(41)39(31)29-16-7-4-8-17-29/h3-19,21-27,38,44H,2,20,43H2,1H3/b21-11-,32-27+. The van der Waals surface area contributed by atoms with E-state index in [1.54, 1.807) is 6.20 Å². The maximum Gasteiger partial charge on any atom is 0.104 e. The van der Waals surface area contributed by atoms with Crippen molar-refractivity contribution >= 4 is 22.1 Å². The van der Waals surface area contributed by atoms with Crippen LogP contribution in [0.1, 0.15) is 18.9 Å². The second-order valence-corrected chi connectivity index (χ2v) is 11.8. The summed E-state index contributed by atoms with van der Waals surface area (Å²) in [6.07, 6.45) is 8.07. The van der Waals surface area contributed by atoms with Gasteiger partial charge in [0.2, 0.25) is 0 Å². The van der Waals surface area contributed by atoms with E-state index in [4.69, 9.17) is 5.73 Å². The molecule has 0 aromatic heterocycles. The molecule has 0 radical (unpaired) electrons. The smallest absolute Gasteiger partial charge is 0.104 e. The molecule has 0 saturated carbocycles. The Morgan fingerprint density at radius 3 is 2.09 bits per heavy atom. The minimum Gasteiger partial charge on any atom is -0.403 e. The Bertz CT molecular complexity index is 2100. The summed E-state index contributed by atoms with van der Waals surface area (Å²) in [5, 5.41) is 6.28. The van der Waals surface area contributed by atoms with Crippen LogP contribution in [0.3, 0.4) is 0 Å². The molecule has 1 aliphatic heterocycles. The lowest BCUT2D eigenvalue weighted by Crippen LogP contribution is -2.34. The summed E-state index contributed by atoms with van der Waals surface area (Å²) >= 11 is 0. The van der Waals surface area contributed by atoms with Crippen LogP contribution < -0.4 is 16.0 Å². The van der Waals surface area contributed by atoms with Crippen LogP contribution in [0.25, 0.3) is 55.3 Å². The summed E-state index contributed by atoms with van der Waals surface area (Å²) < 4.78 is 0. The van der Waals surface area contributed by atoms with Gasteiger partial charge in [0, 0.05) is 6.20 Å². The van der Waals surface area contributed by atoms with Crippen LogP contribution in [0.2, 0.25) is 0 Å². The number of allylic oxidation sites excluding steroid dienone is 2. The second-order valence-electron chi connectivity index (χ2n) is 11.8. The molecule has 2 aliphatic rings. The average molecular weight is 582 g/mol. The van der Waals surface area contributed by atoms with Crippen molar-refractivity contribution in [2.24, 2.45) is 5.73 Å². The highest BCUT2D eigenvalue weighted by atomic mass is 15.3. The molecule has 8 rings (SSSR count). The first-order valence-electron chi connectivity index (χ1n) is 15.8. The van der Waals surface area contributed by atoms with Crippen molar-refractivity contribution < 1.29 is 0 Å². The molecule has 3 nitrogen and oxygen atoms in total. The minimum atomic E-state index is 0.158. The van der Waals surface area contributed by atoms with Crippen LogP contribution >= 0.6 is 0 Å². The lowest BCUT2D eigenvalue weighted by atomic mass is 9.83. The second kappa shape index (κ2) is 11.2. The van der Waals surface area contributed by atoms with Crippen LogP contribution in [0.15, 0.2) is 151 Å². The number of hydrogen-bond donors (Lipinski definition) is 2. The number of benzene rings is 6. The first-order chi connectivity index (χ1) is 22.3. The fraction of sp³-hybridized carbons (Fsp3) is 0.0952. The van der Waals surface area contributed by atoms with Crippen molar-refractivity contribution in [3.05, 3.63) is 157 Å². The fourth-order valence-electron chi connectivity index (χ4n) is 7.33. The third-order valence-corrected chi connectivity index (χ3v) is 9.26. The largest absolute Gasteiger partial charge is 0.403 e. The first-order valence-corrected chi connectivity index (χ1v) is 15.8. The van der Waals surface area contributed by atoms with Gasteiger partial charge in [0.15, 0.2) is 0 Å². The zero-order valence-electron chi connectivity index (χ0n) is 25.4. The van der Waals surface area contributed by atoms with Gasteiger partial charge in [-0.15, -0.1) is 0 Å². The molecule has 6 aromatic rings. The molecule has 1 aliphatic carbocycles. The van der Waals surface area contributed by atoms with Gasteiger partial charge in [0.1, 0.15) is 6.17 Å². The molecule has 0 amide bonds. The molecule has 1 atom stereocenters. The number of rotatable bonds is 7. The fourth-order valence-corrected chi connectivity index (χ4v) is 7.33. The molecule has 45 heavy (non-hydrogen) atoms.